The van der Waals surface area contributed by atoms with Gasteiger partial charge in [0.1, 0.15) is 0 Å². The molecule has 1 aromatic rings. The second kappa shape index (κ2) is 4.41. The SMILES string of the molecule is C1CCC(c2nnc(N3CCNCC3)o2)C1. The first-order valence-electron chi connectivity index (χ1n) is 6.22. The van der Waals surface area contributed by atoms with Gasteiger partial charge in [-0.2, -0.15) is 0 Å². The van der Waals surface area contributed by atoms with Crippen LogP contribution in [0.3, 0.4) is 0 Å². The van der Waals surface area contributed by atoms with E-state index in [0.717, 1.165) is 32.1 Å². The minimum absolute atomic E-state index is 0.518. The Balaban J connectivity index is 1.71. The maximum atomic E-state index is 5.78. The molecule has 1 saturated heterocycles. The van der Waals surface area contributed by atoms with E-state index < -0.39 is 0 Å². The highest BCUT2D eigenvalue weighted by atomic mass is 16.4. The highest BCUT2D eigenvalue weighted by Gasteiger charge is 2.24. The Morgan fingerprint density at radius 1 is 1.12 bits per heavy atom. The Labute approximate surface area is 95.2 Å². The summed E-state index contributed by atoms with van der Waals surface area (Å²) in [6, 6.07) is 0.711. The molecule has 1 aliphatic heterocycles. The van der Waals surface area contributed by atoms with E-state index in [0.29, 0.717) is 11.9 Å². The van der Waals surface area contributed by atoms with Crippen molar-refractivity contribution in [1.82, 2.24) is 15.5 Å². The van der Waals surface area contributed by atoms with Gasteiger partial charge in [-0.1, -0.05) is 17.9 Å². The first kappa shape index (κ1) is 10.1. The maximum Gasteiger partial charge on any atom is 0.318 e. The van der Waals surface area contributed by atoms with Gasteiger partial charge in [0.2, 0.25) is 5.89 Å². The predicted molar refractivity (Wildman–Crippen MR) is 60.6 cm³/mol. The summed E-state index contributed by atoms with van der Waals surface area (Å²) in [5, 5.41) is 11.7. The van der Waals surface area contributed by atoms with Crippen LogP contribution in [-0.4, -0.2) is 36.4 Å². The van der Waals surface area contributed by atoms with Crippen LogP contribution in [0.1, 0.15) is 37.5 Å². The molecule has 5 nitrogen and oxygen atoms in total. The molecule has 1 aliphatic carbocycles. The third-order valence-corrected chi connectivity index (χ3v) is 3.52. The summed E-state index contributed by atoms with van der Waals surface area (Å²) in [7, 11) is 0. The molecular formula is C11H18N4O. The highest BCUT2D eigenvalue weighted by Crippen LogP contribution is 2.34. The van der Waals surface area contributed by atoms with Crippen molar-refractivity contribution in [3.8, 4) is 0 Å². The zero-order valence-electron chi connectivity index (χ0n) is 9.48. The Morgan fingerprint density at radius 3 is 2.62 bits per heavy atom. The van der Waals surface area contributed by atoms with Crippen molar-refractivity contribution in [3.05, 3.63) is 5.89 Å². The smallest absolute Gasteiger partial charge is 0.318 e. The van der Waals surface area contributed by atoms with E-state index >= 15 is 0 Å². The molecule has 1 N–H and O–H groups in total. The number of anilines is 1. The Hall–Kier alpha value is -1.10. The molecule has 0 aromatic carbocycles. The fourth-order valence-electron chi connectivity index (χ4n) is 2.55. The van der Waals surface area contributed by atoms with Crippen molar-refractivity contribution in [2.75, 3.05) is 31.1 Å². The van der Waals surface area contributed by atoms with Crippen LogP contribution in [0.4, 0.5) is 6.01 Å². The van der Waals surface area contributed by atoms with Crippen LogP contribution in [0, 0.1) is 0 Å². The van der Waals surface area contributed by atoms with Gasteiger partial charge in [-0.05, 0) is 12.8 Å². The second-order valence-electron chi connectivity index (χ2n) is 4.64. The van der Waals surface area contributed by atoms with Gasteiger partial charge in [0.25, 0.3) is 0 Å². The van der Waals surface area contributed by atoms with Crippen molar-refractivity contribution in [3.63, 3.8) is 0 Å². The largest absolute Gasteiger partial charge is 0.408 e. The lowest BCUT2D eigenvalue weighted by atomic mass is 10.1. The predicted octanol–water partition coefficient (Wildman–Crippen LogP) is 1.14. The summed E-state index contributed by atoms with van der Waals surface area (Å²) in [6.45, 7) is 3.93. The molecule has 0 atom stereocenters. The third-order valence-electron chi connectivity index (χ3n) is 3.52. The number of nitrogens with zero attached hydrogens (tertiary/aromatic N) is 3. The Kier molecular flexibility index (Phi) is 2.78. The van der Waals surface area contributed by atoms with Crippen molar-refractivity contribution >= 4 is 6.01 Å². The van der Waals surface area contributed by atoms with E-state index in [1.807, 2.05) is 0 Å². The normalized spacial score (nSPS) is 22.9. The van der Waals surface area contributed by atoms with Crippen LogP contribution in [0.15, 0.2) is 4.42 Å². The molecule has 0 bridgehead atoms. The molecule has 0 unspecified atom stereocenters. The second-order valence-corrected chi connectivity index (χ2v) is 4.64. The molecule has 3 rings (SSSR count). The van der Waals surface area contributed by atoms with Crippen LogP contribution >= 0.6 is 0 Å². The van der Waals surface area contributed by atoms with Crippen LogP contribution in [0.5, 0.6) is 0 Å². The summed E-state index contributed by atoms with van der Waals surface area (Å²) in [6.07, 6.45) is 5.03. The van der Waals surface area contributed by atoms with Gasteiger partial charge < -0.3 is 14.6 Å². The van der Waals surface area contributed by atoms with Gasteiger partial charge in [0, 0.05) is 32.1 Å². The van der Waals surface area contributed by atoms with Crippen molar-refractivity contribution < 1.29 is 4.42 Å². The maximum absolute atomic E-state index is 5.78. The average molecular weight is 222 g/mol. The number of rotatable bonds is 2. The van der Waals surface area contributed by atoms with E-state index in [2.05, 4.69) is 20.4 Å². The molecule has 2 heterocycles. The number of aromatic nitrogens is 2. The van der Waals surface area contributed by atoms with Crippen LogP contribution < -0.4 is 10.2 Å². The average Bonchev–Trinajstić information content (AvgIpc) is 3.01. The van der Waals surface area contributed by atoms with E-state index in [4.69, 9.17) is 4.42 Å². The molecule has 2 fully saturated rings. The van der Waals surface area contributed by atoms with Gasteiger partial charge in [-0.15, -0.1) is 5.10 Å². The van der Waals surface area contributed by atoms with Crippen molar-refractivity contribution in [1.29, 1.82) is 0 Å². The molecule has 0 amide bonds. The summed E-state index contributed by atoms with van der Waals surface area (Å²) >= 11 is 0. The van der Waals surface area contributed by atoms with Gasteiger partial charge in [0.05, 0.1) is 0 Å². The first-order valence-corrected chi connectivity index (χ1v) is 6.22. The number of piperazine rings is 1. The molecular weight excluding hydrogens is 204 g/mol. The van der Waals surface area contributed by atoms with Gasteiger partial charge in [-0.3, -0.25) is 0 Å². The third kappa shape index (κ3) is 1.91. The van der Waals surface area contributed by atoms with Crippen LogP contribution in [0.25, 0.3) is 0 Å². The van der Waals surface area contributed by atoms with E-state index in [1.54, 1.807) is 0 Å². The molecule has 88 valence electrons. The van der Waals surface area contributed by atoms with Gasteiger partial charge >= 0.3 is 6.01 Å². The van der Waals surface area contributed by atoms with Crippen LogP contribution in [-0.2, 0) is 0 Å². The fraction of sp³-hybridized carbons (Fsp3) is 0.818. The van der Waals surface area contributed by atoms with E-state index in [1.165, 1.54) is 25.7 Å². The van der Waals surface area contributed by atoms with Crippen molar-refractivity contribution in [2.24, 2.45) is 0 Å². The summed E-state index contributed by atoms with van der Waals surface area (Å²) in [5.74, 6) is 1.37. The summed E-state index contributed by atoms with van der Waals surface area (Å²) in [4.78, 5) is 2.17. The van der Waals surface area contributed by atoms with Gasteiger partial charge in [-0.25, -0.2) is 0 Å². The fourth-order valence-corrected chi connectivity index (χ4v) is 2.55. The highest BCUT2D eigenvalue weighted by molar-refractivity contribution is 5.25. The minimum Gasteiger partial charge on any atom is -0.408 e. The standard InChI is InChI=1S/C11H18N4O/c1-2-4-9(3-1)10-13-14-11(16-10)15-7-5-12-6-8-15/h9,12H,1-8H2. The summed E-state index contributed by atoms with van der Waals surface area (Å²) < 4.78 is 5.78. The van der Waals surface area contributed by atoms with E-state index in [-0.39, 0.29) is 0 Å². The molecule has 0 radical (unpaired) electrons. The Morgan fingerprint density at radius 2 is 1.88 bits per heavy atom. The Bertz CT molecular complexity index is 340. The van der Waals surface area contributed by atoms with Crippen molar-refractivity contribution in [2.45, 2.75) is 31.6 Å². The first-order chi connectivity index (χ1) is 7.93. The topological polar surface area (TPSA) is 54.2 Å². The monoisotopic (exact) mass is 222 g/mol. The quantitative estimate of drug-likeness (QED) is 0.813. The van der Waals surface area contributed by atoms with Gasteiger partial charge in [0.15, 0.2) is 0 Å². The lowest BCUT2D eigenvalue weighted by molar-refractivity contribution is 0.434. The number of nitrogens with one attached hydrogen (secondary N) is 1. The number of hydrogen-bond acceptors (Lipinski definition) is 5. The summed E-state index contributed by atoms with van der Waals surface area (Å²) in [5.41, 5.74) is 0. The molecule has 2 aliphatic rings. The molecule has 1 saturated carbocycles. The molecule has 1 aromatic heterocycles. The lowest BCUT2D eigenvalue weighted by Gasteiger charge is -2.25. The van der Waals surface area contributed by atoms with Crippen LogP contribution in [0.2, 0.25) is 0 Å². The molecule has 5 heteroatoms. The molecule has 16 heavy (non-hydrogen) atoms. The molecule has 0 spiro atoms. The minimum atomic E-state index is 0.518. The zero-order chi connectivity index (χ0) is 10.8. The zero-order valence-corrected chi connectivity index (χ0v) is 9.48. The lowest BCUT2D eigenvalue weighted by Crippen LogP contribution is -2.43. The number of hydrogen-bond donors (Lipinski definition) is 1. The van der Waals surface area contributed by atoms with E-state index in [9.17, 15) is 0 Å².